The van der Waals surface area contributed by atoms with Crippen molar-refractivity contribution in [3.05, 3.63) is 52.7 Å². The van der Waals surface area contributed by atoms with Gasteiger partial charge in [0.25, 0.3) is 0 Å². The minimum Gasteiger partial charge on any atom is -0.316 e. The predicted molar refractivity (Wildman–Crippen MR) is 106 cm³/mol. The molecule has 1 unspecified atom stereocenters. The van der Waals surface area contributed by atoms with Gasteiger partial charge in [-0.2, -0.15) is 5.26 Å². The molecule has 1 aromatic carbocycles. The maximum atomic E-state index is 12.6. The van der Waals surface area contributed by atoms with Crippen molar-refractivity contribution in [2.24, 2.45) is 0 Å². The van der Waals surface area contributed by atoms with Crippen LogP contribution in [0.4, 0.5) is 5.00 Å². The van der Waals surface area contributed by atoms with Crippen LogP contribution in [-0.4, -0.2) is 25.9 Å². The first-order chi connectivity index (χ1) is 13.2. The maximum absolute atomic E-state index is 12.6. The molecule has 1 amide bonds. The zero-order chi connectivity index (χ0) is 18.8. The zero-order valence-corrected chi connectivity index (χ0v) is 16.3. The fourth-order valence-electron chi connectivity index (χ4n) is 3.04. The van der Waals surface area contributed by atoms with E-state index in [0.29, 0.717) is 15.7 Å². The molecule has 1 N–H and O–H groups in total. The molecule has 1 atom stereocenters. The molecule has 8 heteroatoms. The monoisotopic (exact) mass is 395 g/mol. The summed E-state index contributed by atoms with van der Waals surface area (Å²) in [5, 5.41) is 17.6. The molecule has 0 spiro atoms. The van der Waals surface area contributed by atoms with Gasteiger partial charge in [-0.1, -0.05) is 30.0 Å². The first kappa shape index (κ1) is 17.8. The topological polar surface area (TPSA) is 83.6 Å². The second-order valence-corrected chi connectivity index (χ2v) is 8.64. The molecule has 136 valence electrons. The van der Waals surface area contributed by atoms with Gasteiger partial charge in [0.1, 0.15) is 17.4 Å². The number of thioether (sulfide) groups is 1. The lowest BCUT2D eigenvalue weighted by Gasteiger charge is -2.09. The third-order valence-electron chi connectivity index (χ3n) is 4.41. The highest BCUT2D eigenvalue weighted by molar-refractivity contribution is 8.00. The van der Waals surface area contributed by atoms with Crippen LogP contribution in [-0.2, 0) is 17.6 Å². The van der Waals surface area contributed by atoms with Gasteiger partial charge in [0.15, 0.2) is 0 Å². The van der Waals surface area contributed by atoms with E-state index in [-0.39, 0.29) is 11.2 Å². The highest BCUT2D eigenvalue weighted by atomic mass is 32.2. The van der Waals surface area contributed by atoms with Crippen molar-refractivity contribution in [3.63, 3.8) is 0 Å². The van der Waals surface area contributed by atoms with Crippen LogP contribution >= 0.6 is 23.1 Å². The first-order valence-electron chi connectivity index (χ1n) is 8.65. The lowest BCUT2D eigenvalue weighted by Crippen LogP contribution is -2.22. The SMILES string of the molecule is CC(Sc1ncn(-c2ccccc2)n1)C(=O)Nc1sc2c(c1C#N)CCC2. The second-order valence-electron chi connectivity index (χ2n) is 6.23. The highest BCUT2D eigenvalue weighted by Crippen LogP contribution is 2.38. The molecule has 2 aromatic heterocycles. The molecule has 0 saturated carbocycles. The number of amides is 1. The number of benzene rings is 1. The van der Waals surface area contributed by atoms with Gasteiger partial charge in [0, 0.05) is 4.88 Å². The average molecular weight is 396 g/mol. The summed E-state index contributed by atoms with van der Waals surface area (Å²) in [4.78, 5) is 18.1. The lowest BCUT2D eigenvalue weighted by molar-refractivity contribution is -0.115. The molecular weight excluding hydrogens is 378 g/mol. The smallest absolute Gasteiger partial charge is 0.238 e. The van der Waals surface area contributed by atoms with Crippen LogP contribution in [0.1, 0.15) is 29.3 Å². The molecule has 0 saturated heterocycles. The maximum Gasteiger partial charge on any atom is 0.238 e. The number of nitrogens with zero attached hydrogens (tertiary/aromatic N) is 4. The van der Waals surface area contributed by atoms with Crippen LogP contribution in [0.5, 0.6) is 0 Å². The van der Waals surface area contributed by atoms with Crippen molar-refractivity contribution < 1.29 is 4.79 Å². The summed E-state index contributed by atoms with van der Waals surface area (Å²) in [6.07, 6.45) is 4.65. The van der Waals surface area contributed by atoms with E-state index < -0.39 is 0 Å². The van der Waals surface area contributed by atoms with Crippen molar-refractivity contribution in [1.82, 2.24) is 14.8 Å². The van der Waals surface area contributed by atoms with Crippen molar-refractivity contribution >= 4 is 34.0 Å². The van der Waals surface area contributed by atoms with E-state index in [4.69, 9.17) is 0 Å². The number of nitriles is 1. The van der Waals surface area contributed by atoms with E-state index in [2.05, 4.69) is 21.5 Å². The zero-order valence-electron chi connectivity index (χ0n) is 14.7. The van der Waals surface area contributed by atoms with Gasteiger partial charge < -0.3 is 5.32 Å². The molecule has 1 aliphatic rings. The van der Waals surface area contributed by atoms with Crippen LogP contribution in [0.25, 0.3) is 5.69 Å². The molecule has 0 bridgehead atoms. The number of rotatable bonds is 5. The Bertz CT molecular complexity index is 1020. The lowest BCUT2D eigenvalue weighted by atomic mass is 10.1. The van der Waals surface area contributed by atoms with E-state index in [1.54, 1.807) is 11.0 Å². The van der Waals surface area contributed by atoms with Crippen molar-refractivity contribution in [2.75, 3.05) is 5.32 Å². The molecule has 1 aliphatic carbocycles. The minimum atomic E-state index is -0.375. The third-order valence-corrected chi connectivity index (χ3v) is 6.59. The van der Waals surface area contributed by atoms with E-state index in [1.165, 1.54) is 28.0 Å². The van der Waals surface area contributed by atoms with Gasteiger partial charge in [0.05, 0.1) is 16.5 Å². The standard InChI is InChI=1S/C19H17N5OS2/c1-12(26-19-21-11-24(23-19)13-6-3-2-4-7-13)17(25)22-18-15(10-20)14-8-5-9-16(14)27-18/h2-4,6-7,11-12H,5,8-9H2,1H3,(H,22,25). The van der Waals surface area contributed by atoms with Gasteiger partial charge >= 0.3 is 0 Å². The summed E-state index contributed by atoms with van der Waals surface area (Å²) in [7, 11) is 0. The van der Waals surface area contributed by atoms with Gasteiger partial charge in [-0.25, -0.2) is 9.67 Å². The first-order valence-corrected chi connectivity index (χ1v) is 10.3. The number of carbonyl (C=O) groups excluding carboxylic acids is 1. The summed E-state index contributed by atoms with van der Waals surface area (Å²) in [5.41, 5.74) is 2.66. The molecule has 6 nitrogen and oxygen atoms in total. The van der Waals surface area contributed by atoms with E-state index in [1.807, 2.05) is 37.3 Å². The van der Waals surface area contributed by atoms with E-state index in [9.17, 15) is 10.1 Å². The summed E-state index contributed by atoms with van der Waals surface area (Å²) in [6.45, 7) is 1.82. The van der Waals surface area contributed by atoms with Crippen molar-refractivity contribution in [3.8, 4) is 11.8 Å². The molecule has 0 radical (unpaired) electrons. The number of carbonyl (C=O) groups is 1. The molecule has 0 aliphatic heterocycles. The van der Waals surface area contributed by atoms with Crippen LogP contribution in [0, 0.1) is 11.3 Å². The number of thiophene rings is 1. The highest BCUT2D eigenvalue weighted by Gasteiger charge is 2.25. The molecule has 2 heterocycles. The van der Waals surface area contributed by atoms with Crippen LogP contribution in [0.3, 0.4) is 0 Å². The quantitative estimate of drug-likeness (QED) is 0.664. The van der Waals surface area contributed by atoms with Crippen LogP contribution in [0.2, 0.25) is 0 Å². The Hall–Kier alpha value is -2.63. The number of hydrogen-bond donors (Lipinski definition) is 1. The summed E-state index contributed by atoms with van der Waals surface area (Å²) < 4.78 is 1.69. The summed E-state index contributed by atoms with van der Waals surface area (Å²) in [6, 6.07) is 12.0. The molecule has 0 fully saturated rings. The Morgan fingerprint density at radius 2 is 2.19 bits per heavy atom. The Balaban J connectivity index is 1.43. The van der Waals surface area contributed by atoms with Gasteiger partial charge in [0.2, 0.25) is 11.1 Å². The Morgan fingerprint density at radius 3 is 2.96 bits per heavy atom. The molecule has 3 aromatic rings. The van der Waals surface area contributed by atoms with E-state index >= 15 is 0 Å². The fraction of sp³-hybridized carbons (Fsp3) is 0.263. The second kappa shape index (κ2) is 7.55. The van der Waals surface area contributed by atoms with Crippen molar-refractivity contribution in [2.45, 2.75) is 36.6 Å². The van der Waals surface area contributed by atoms with E-state index in [0.717, 1.165) is 30.5 Å². The largest absolute Gasteiger partial charge is 0.316 e. The van der Waals surface area contributed by atoms with Gasteiger partial charge in [-0.3, -0.25) is 4.79 Å². The minimum absolute atomic E-state index is 0.146. The van der Waals surface area contributed by atoms with Crippen LogP contribution in [0.15, 0.2) is 41.8 Å². The normalized spacial score (nSPS) is 13.8. The fourth-order valence-corrected chi connectivity index (χ4v) is 5.01. The number of aromatic nitrogens is 3. The molecule has 4 rings (SSSR count). The summed E-state index contributed by atoms with van der Waals surface area (Å²) in [5.74, 6) is -0.146. The van der Waals surface area contributed by atoms with Crippen molar-refractivity contribution in [1.29, 1.82) is 5.26 Å². The number of anilines is 1. The molecule has 27 heavy (non-hydrogen) atoms. The van der Waals surface area contributed by atoms with Gasteiger partial charge in [-0.05, 0) is 43.9 Å². The summed E-state index contributed by atoms with van der Waals surface area (Å²) >= 11 is 2.82. The third kappa shape index (κ3) is 3.61. The Kier molecular flexibility index (Phi) is 4.97. The van der Waals surface area contributed by atoms with Gasteiger partial charge in [-0.15, -0.1) is 16.4 Å². The Morgan fingerprint density at radius 1 is 1.37 bits per heavy atom. The average Bonchev–Trinajstić information content (AvgIpc) is 3.38. The number of nitrogens with one attached hydrogen (secondary N) is 1. The van der Waals surface area contributed by atoms with Crippen LogP contribution < -0.4 is 5.32 Å². The molecular formula is C19H17N5OS2. The predicted octanol–water partition coefficient (Wildman–Crippen LogP) is 3.81. The Labute approximate surface area is 165 Å². The number of fused-ring (bicyclic) bond motifs is 1. The number of hydrogen-bond acceptors (Lipinski definition) is 6. The number of aryl methyl sites for hydroxylation is 1. The number of para-hydroxylation sites is 1.